The molecule has 1 aromatic rings. The first-order chi connectivity index (χ1) is 10.3. The number of phenols is 1. The van der Waals surface area contributed by atoms with Crippen LogP contribution in [-0.2, 0) is 9.53 Å². The molecule has 0 saturated carbocycles. The number of Topliss-reactive ketones (excluding diaryl/α,β-unsaturated/α-hetero) is 1. The largest absolute Gasteiger partial charge is 0.500 e. The summed E-state index contributed by atoms with van der Waals surface area (Å²) in [5.41, 5.74) is -1.02. The van der Waals surface area contributed by atoms with E-state index >= 15 is 0 Å². The number of aliphatic hydroxyl groups excluding tert-OH is 1. The van der Waals surface area contributed by atoms with Crippen LogP contribution in [0.1, 0.15) is 24.2 Å². The van der Waals surface area contributed by atoms with Crippen molar-refractivity contribution in [2.75, 3.05) is 20.3 Å². The molecule has 0 unspecified atom stereocenters. The van der Waals surface area contributed by atoms with Crippen LogP contribution in [0.5, 0.6) is 11.5 Å². The number of nitrogens with zero attached hydrogens (tertiary/aromatic N) is 1. The predicted molar refractivity (Wildman–Crippen MR) is 75.0 cm³/mol. The number of hydrogen-bond donors (Lipinski definition) is 2. The summed E-state index contributed by atoms with van der Waals surface area (Å²) in [7, 11) is 1.16. The first-order valence-electron chi connectivity index (χ1n) is 6.21. The number of benzene rings is 1. The highest BCUT2D eigenvalue weighted by Crippen LogP contribution is 2.36. The van der Waals surface area contributed by atoms with E-state index in [-0.39, 0.29) is 24.5 Å². The minimum atomic E-state index is -1.13. The number of aromatic hydroxyl groups is 1. The van der Waals surface area contributed by atoms with Crippen molar-refractivity contribution in [2.45, 2.75) is 13.8 Å². The number of ether oxygens (including phenoxy) is 2. The highest BCUT2D eigenvalue weighted by molar-refractivity contribution is 6.40. The minimum absolute atomic E-state index is 0.00187. The Balaban J connectivity index is 0.00000135. The molecule has 0 spiro atoms. The van der Waals surface area contributed by atoms with Crippen LogP contribution < -0.4 is 4.74 Å². The topological polar surface area (TPSA) is 136 Å². The van der Waals surface area contributed by atoms with Gasteiger partial charge in [-0.3, -0.25) is 14.9 Å². The lowest BCUT2D eigenvalue weighted by atomic mass is 10.1. The standard InChI is InChI=1S/C11H11NO7.C2H6O/c1-3-19-11(15)9(13)6-4-7(12(16)17)10(14)8(5-6)18-2;1-2-3/h4-5,14H,3H2,1-2H3;3H,2H2,1H3. The fourth-order valence-electron chi connectivity index (χ4n) is 1.33. The van der Waals surface area contributed by atoms with E-state index < -0.39 is 28.1 Å². The molecule has 0 aliphatic carbocycles. The van der Waals surface area contributed by atoms with Crippen molar-refractivity contribution in [3.63, 3.8) is 0 Å². The van der Waals surface area contributed by atoms with Crippen LogP contribution in [0.4, 0.5) is 5.69 Å². The molecule has 0 saturated heterocycles. The number of aliphatic hydroxyl groups is 1. The Hall–Kier alpha value is -2.68. The second kappa shape index (κ2) is 9.29. The van der Waals surface area contributed by atoms with Crippen molar-refractivity contribution < 1.29 is 34.2 Å². The van der Waals surface area contributed by atoms with E-state index in [4.69, 9.17) is 9.84 Å². The van der Waals surface area contributed by atoms with Gasteiger partial charge in [-0.05, 0) is 19.9 Å². The number of carbonyl (C=O) groups excluding carboxylic acids is 2. The fourth-order valence-corrected chi connectivity index (χ4v) is 1.33. The Kier molecular flexibility index (Phi) is 8.16. The summed E-state index contributed by atoms with van der Waals surface area (Å²) >= 11 is 0. The Morgan fingerprint density at radius 1 is 1.32 bits per heavy atom. The van der Waals surface area contributed by atoms with Crippen molar-refractivity contribution in [3.05, 3.63) is 27.8 Å². The Morgan fingerprint density at radius 3 is 2.27 bits per heavy atom. The summed E-state index contributed by atoms with van der Waals surface area (Å²) < 4.78 is 9.21. The number of rotatable bonds is 5. The molecule has 0 bridgehead atoms. The third kappa shape index (κ3) is 5.02. The molecule has 0 atom stereocenters. The monoisotopic (exact) mass is 315 g/mol. The summed E-state index contributed by atoms with van der Waals surface area (Å²) in [4.78, 5) is 32.8. The molecular weight excluding hydrogens is 298 g/mol. The Bertz CT molecular complexity index is 555. The smallest absolute Gasteiger partial charge is 0.379 e. The van der Waals surface area contributed by atoms with Crippen LogP contribution in [0, 0.1) is 10.1 Å². The zero-order chi connectivity index (χ0) is 17.3. The van der Waals surface area contributed by atoms with Crippen molar-refractivity contribution in [1.29, 1.82) is 0 Å². The molecule has 1 aromatic carbocycles. The normalized spacial score (nSPS) is 9.27. The van der Waals surface area contributed by atoms with Gasteiger partial charge < -0.3 is 19.7 Å². The lowest BCUT2D eigenvalue weighted by Gasteiger charge is -2.06. The van der Waals surface area contributed by atoms with E-state index in [9.17, 15) is 24.8 Å². The highest BCUT2D eigenvalue weighted by atomic mass is 16.6. The van der Waals surface area contributed by atoms with E-state index in [1.165, 1.54) is 6.92 Å². The van der Waals surface area contributed by atoms with Crippen LogP contribution in [0.3, 0.4) is 0 Å². The van der Waals surface area contributed by atoms with Gasteiger partial charge in [-0.15, -0.1) is 0 Å². The lowest BCUT2D eigenvalue weighted by Crippen LogP contribution is -2.17. The van der Waals surface area contributed by atoms with Crippen LogP contribution in [-0.4, -0.2) is 47.2 Å². The van der Waals surface area contributed by atoms with Crippen molar-refractivity contribution in [3.8, 4) is 11.5 Å². The van der Waals surface area contributed by atoms with Crippen LogP contribution >= 0.6 is 0 Å². The molecule has 0 aliphatic heterocycles. The zero-order valence-corrected chi connectivity index (χ0v) is 12.4. The average molecular weight is 315 g/mol. The summed E-state index contributed by atoms with van der Waals surface area (Å²) in [5, 5.41) is 27.8. The van der Waals surface area contributed by atoms with E-state index in [0.717, 1.165) is 19.2 Å². The predicted octanol–water partition coefficient (Wildman–Crippen LogP) is 1.05. The molecule has 0 fully saturated rings. The SMILES string of the molecule is CCO.CCOC(=O)C(=O)c1cc(OC)c(O)c([N+](=O)[O-])c1. The van der Waals surface area contributed by atoms with Crippen LogP contribution in [0.25, 0.3) is 0 Å². The average Bonchev–Trinajstić information content (AvgIpc) is 2.47. The van der Waals surface area contributed by atoms with Gasteiger partial charge in [0, 0.05) is 18.2 Å². The molecular formula is C13H17NO8. The molecule has 9 heteroatoms. The van der Waals surface area contributed by atoms with Gasteiger partial charge in [0.2, 0.25) is 5.75 Å². The molecule has 0 amide bonds. The summed E-state index contributed by atoms with van der Waals surface area (Å²) in [6.07, 6.45) is 0. The first-order valence-corrected chi connectivity index (χ1v) is 6.21. The fraction of sp³-hybridized carbons (Fsp3) is 0.385. The molecule has 0 aliphatic rings. The molecule has 0 heterocycles. The van der Waals surface area contributed by atoms with Gasteiger partial charge in [0.05, 0.1) is 18.6 Å². The minimum Gasteiger partial charge on any atom is -0.500 e. The molecule has 2 N–H and O–H groups in total. The summed E-state index contributed by atoms with van der Waals surface area (Å²) in [6.45, 7) is 3.45. The van der Waals surface area contributed by atoms with Crippen LogP contribution in [0.15, 0.2) is 12.1 Å². The number of ketones is 1. The quantitative estimate of drug-likeness (QED) is 0.270. The molecule has 0 radical (unpaired) electrons. The van der Waals surface area contributed by atoms with Gasteiger partial charge in [0.1, 0.15) is 0 Å². The molecule has 122 valence electrons. The number of esters is 1. The maximum Gasteiger partial charge on any atom is 0.379 e. The number of nitro benzene ring substituents is 1. The molecule has 1 rings (SSSR count). The number of methoxy groups -OCH3 is 1. The second-order valence-corrected chi connectivity index (χ2v) is 3.67. The number of carbonyl (C=O) groups is 2. The van der Waals surface area contributed by atoms with Crippen molar-refractivity contribution in [2.24, 2.45) is 0 Å². The number of nitro groups is 1. The summed E-state index contributed by atoms with van der Waals surface area (Å²) in [6, 6.07) is 1.82. The Labute approximate surface area is 126 Å². The van der Waals surface area contributed by atoms with E-state index in [1.54, 1.807) is 6.92 Å². The third-order valence-corrected chi connectivity index (χ3v) is 2.19. The van der Waals surface area contributed by atoms with Gasteiger partial charge in [-0.2, -0.15) is 0 Å². The Morgan fingerprint density at radius 2 is 1.86 bits per heavy atom. The van der Waals surface area contributed by atoms with Gasteiger partial charge in [-0.25, -0.2) is 4.79 Å². The van der Waals surface area contributed by atoms with Gasteiger partial charge >= 0.3 is 11.7 Å². The first kappa shape index (κ1) is 19.3. The van der Waals surface area contributed by atoms with E-state index in [2.05, 4.69) is 4.74 Å². The van der Waals surface area contributed by atoms with Crippen molar-refractivity contribution >= 4 is 17.4 Å². The third-order valence-electron chi connectivity index (χ3n) is 2.19. The highest BCUT2D eigenvalue weighted by Gasteiger charge is 2.26. The van der Waals surface area contributed by atoms with Gasteiger partial charge in [0.15, 0.2) is 5.75 Å². The maximum atomic E-state index is 11.7. The van der Waals surface area contributed by atoms with E-state index in [0.29, 0.717) is 0 Å². The van der Waals surface area contributed by atoms with Crippen molar-refractivity contribution in [1.82, 2.24) is 0 Å². The summed E-state index contributed by atoms with van der Waals surface area (Å²) in [5.74, 6) is -3.18. The van der Waals surface area contributed by atoms with Gasteiger partial charge in [-0.1, -0.05) is 0 Å². The maximum absolute atomic E-state index is 11.7. The number of hydrogen-bond acceptors (Lipinski definition) is 8. The lowest BCUT2D eigenvalue weighted by molar-refractivity contribution is -0.386. The zero-order valence-electron chi connectivity index (χ0n) is 12.4. The number of phenolic OH excluding ortho intramolecular Hbond substituents is 1. The molecule has 9 nitrogen and oxygen atoms in total. The van der Waals surface area contributed by atoms with Gasteiger partial charge in [0.25, 0.3) is 5.78 Å². The van der Waals surface area contributed by atoms with Crippen LogP contribution in [0.2, 0.25) is 0 Å². The van der Waals surface area contributed by atoms with E-state index in [1.807, 2.05) is 0 Å². The second-order valence-electron chi connectivity index (χ2n) is 3.67. The molecule has 22 heavy (non-hydrogen) atoms. The molecule has 0 aromatic heterocycles.